The predicted molar refractivity (Wildman–Crippen MR) is 101 cm³/mol. The van der Waals surface area contributed by atoms with E-state index >= 15 is 0 Å². The van der Waals surface area contributed by atoms with Crippen molar-refractivity contribution < 1.29 is 0 Å². The van der Waals surface area contributed by atoms with Crippen LogP contribution in [-0.4, -0.2) is 24.1 Å². The standard InChI is InChI=1S/C20H23N5/c1-12(2)10-24-15(5)14(4)17-19(24)21-11-25-20(17)22-18(23-25)16-8-6-7-13(3)9-16/h6-9,11-12H,10H2,1-5H3. The molecule has 0 spiro atoms. The molecule has 0 N–H and O–H groups in total. The van der Waals surface area contributed by atoms with E-state index in [0.717, 1.165) is 34.6 Å². The quantitative estimate of drug-likeness (QED) is 0.561. The van der Waals surface area contributed by atoms with Gasteiger partial charge in [0.15, 0.2) is 11.5 Å². The van der Waals surface area contributed by atoms with E-state index < -0.39 is 0 Å². The molecule has 3 aromatic heterocycles. The Labute approximate surface area is 147 Å². The summed E-state index contributed by atoms with van der Waals surface area (Å²) < 4.78 is 4.10. The number of benzene rings is 1. The lowest BCUT2D eigenvalue weighted by molar-refractivity contribution is 0.524. The third-order valence-corrected chi connectivity index (χ3v) is 4.77. The lowest BCUT2D eigenvalue weighted by Gasteiger charge is -2.10. The van der Waals surface area contributed by atoms with Crippen LogP contribution in [0, 0.1) is 26.7 Å². The maximum absolute atomic E-state index is 4.85. The topological polar surface area (TPSA) is 48.0 Å². The largest absolute Gasteiger partial charge is 0.329 e. The third-order valence-electron chi connectivity index (χ3n) is 4.77. The number of fused-ring (bicyclic) bond motifs is 3. The molecule has 4 rings (SSSR count). The SMILES string of the molecule is Cc1cccc(-c2nc3c4c(C)c(C)n(CC(C)C)c4ncn3n2)c1. The van der Waals surface area contributed by atoms with Gasteiger partial charge >= 0.3 is 0 Å². The van der Waals surface area contributed by atoms with Crippen LogP contribution in [0.3, 0.4) is 0 Å². The number of nitrogens with zero attached hydrogens (tertiary/aromatic N) is 5. The maximum atomic E-state index is 4.85. The van der Waals surface area contributed by atoms with Crippen LogP contribution in [-0.2, 0) is 6.54 Å². The van der Waals surface area contributed by atoms with Gasteiger partial charge < -0.3 is 4.57 Å². The molecule has 3 heterocycles. The normalized spacial score (nSPS) is 11.9. The first-order valence-corrected chi connectivity index (χ1v) is 8.73. The van der Waals surface area contributed by atoms with Gasteiger partial charge in [-0.2, -0.15) is 0 Å². The molecule has 4 aromatic rings. The van der Waals surface area contributed by atoms with Crippen LogP contribution in [0.5, 0.6) is 0 Å². The zero-order valence-corrected chi connectivity index (χ0v) is 15.4. The van der Waals surface area contributed by atoms with Gasteiger partial charge in [-0.25, -0.2) is 14.5 Å². The van der Waals surface area contributed by atoms with E-state index in [4.69, 9.17) is 9.97 Å². The van der Waals surface area contributed by atoms with Crippen molar-refractivity contribution in [3.8, 4) is 11.4 Å². The van der Waals surface area contributed by atoms with Crippen LogP contribution in [0.25, 0.3) is 28.1 Å². The molecule has 0 aliphatic carbocycles. The molecule has 0 amide bonds. The van der Waals surface area contributed by atoms with Crippen molar-refractivity contribution in [3.05, 3.63) is 47.4 Å². The van der Waals surface area contributed by atoms with E-state index in [1.54, 1.807) is 10.8 Å². The summed E-state index contributed by atoms with van der Waals surface area (Å²) in [4.78, 5) is 9.54. The summed E-state index contributed by atoms with van der Waals surface area (Å²) in [6.07, 6.45) is 1.78. The number of rotatable bonds is 3. The highest BCUT2D eigenvalue weighted by atomic mass is 15.3. The van der Waals surface area contributed by atoms with Gasteiger partial charge in [0.05, 0.1) is 5.39 Å². The molecule has 0 atom stereocenters. The highest BCUT2D eigenvalue weighted by Crippen LogP contribution is 2.28. The number of hydrogen-bond acceptors (Lipinski definition) is 3. The first-order chi connectivity index (χ1) is 12.0. The lowest BCUT2D eigenvalue weighted by atomic mass is 10.1. The average Bonchev–Trinajstić information content (AvgIpc) is 3.10. The predicted octanol–water partition coefficient (Wildman–Crippen LogP) is 4.33. The Kier molecular flexibility index (Phi) is 3.60. The van der Waals surface area contributed by atoms with Gasteiger partial charge in [0.1, 0.15) is 12.0 Å². The van der Waals surface area contributed by atoms with E-state index in [1.165, 1.54) is 16.8 Å². The highest BCUT2D eigenvalue weighted by molar-refractivity contribution is 5.94. The van der Waals surface area contributed by atoms with Crippen molar-refractivity contribution in [3.63, 3.8) is 0 Å². The van der Waals surface area contributed by atoms with Gasteiger partial charge in [-0.15, -0.1) is 5.10 Å². The minimum Gasteiger partial charge on any atom is -0.329 e. The third kappa shape index (κ3) is 2.51. The summed E-state index contributed by atoms with van der Waals surface area (Å²) in [5, 5.41) is 5.75. The smallest absolute Gasteiger partial charge is 0.182 e. The summed E-state index contributed by atoms with van der Waals surface area (Å²) in [6, 6.07) is 8.28. The first kappa shape index (κ1) is 15.8. The Morgan fingerprint density at radius 2 is 1.88 bits per heavy atom. The Bertz CT molecular complexity index is 1080. The molecule has 0 unspecified atom stereocenters. The fourth-order valence-electron chi connectivity index (χ4n) is 3.43. The summed E-state index contributed by atoms with van der Waals surface area (Å²) >= 11 is 0. The van der Waals surface area contributed by atoms with Crippen LogP contribution in [0.2, 0.25) is 0 Å². The molecule has 0 aliphatic heterocycles. The maximum Gasteiger partial charge on any atom is 0.182 e. The summed E-state index contributed by atoms with van der Waals surface area (Å²) in [6.45, 7) is 11.8. The Morgan fingerprint density at radius 3 is 2.60 bits per heavy atom. The molecule has 0 saturated heterocycles. The molecule has 5 nitrogen and oxygen atoms in total. The van der Waals surface area contributed by atoms with Gasteiger partial charge in [-0.05, 0) is 38.3 Å². The fraction of sp³-hybridized carbons (Fsp3) is 0.350. The van der Waals surface area contributed by atoms with Crippen molar-refractivity contribution in [2.45, 2.75) is 41.2 Å². The molecule has 5 heteroatoms. The molecule has 1 aromatic carbocycles. The fourth-order valence-corrected chi connectivity index (χ4v) is 3.43. The highest BCUT2D eigenvalue weighted by Gasteiger charge is 2.18. The Balaban J connectivity index is 1.98. The van der Waals surface area contributed by atoms with Crippen molar-refractivity contribution in [1.82, 2.24) is 24.1 Å². The summed E-state index contributed by atoms with van der Waals surface area (Å²) in [5.74, 6) is 1.30. The van der Waals surface area contributed by atoms with E-state index in [1.807, 2.05) is 6.07 Å². The molecule has 0 aliphatic rings. The molecule has 0 saturated carbocycles. The van der Waals surface area contributed by atoms with Gasteiger partial charge in [0, 0.05) is 17.8 Å². The monoisotopic (exact) mass is 333 g/mol. The van der Waals surface area contributed by atoms with Gasteiger partial charge in [0.25, 0.3) is 0 Å². The van der Waals surface area contributed by atoms with Crippen molar-refractivity contribution >= 4 is 16.7 Å². The number of hydrogen-bond donors (Lipinski definition) is 0. The van der Waals surface area contributed by atoms with E-state index in [-0.39, 0.29) is 0 Å². The summed E-state index contributed by atoms with van der Waals surface area (Å²) in [5.41, 5.74) is 6.60. The van der Waals surface area contributed by atoms with E-state index in [0.29, 0.717) is 5.92 Å². The molecule has 0 bridgehead atoms. The van der Waals surface area contributed by atoms with Crippen LogP contribution >= 0.6 is 0 Å². The average molecular weight is 333 g/mol. The zero-order valence-electron chi connectivity index (χ0n) is 15.4. The van der Waals surface area contributed by atoms with Crippen LogP contribution in [0.1, 0.15) is 30.7 Å². The molecule has 25 heavy (non-hydrogen) atoms. The second-order valence-electron chi connectivity index (χ2n) is 7.23. The second kappa shape index (κ2) is 5.69. The molecule has 0 fully saturated rings. The minimum absolute atomic E-state index is 0.562. The van der Waals surface area contributed by atoms with Crippen molar-refractivity contribution in [2.75, 3.05) is 0 Å². The molecule has 0 radical (unpaired) electrons. The molecular formula is C20H23N5. The summed E-state index contributed by atoms with van der Waals surface area (Å²) in [7, 11) is 0. The van der Waals surface area contributed by atoms with E-state index in [9.17, 15) is 0 Å². The Morgan fingerprint density at radius 1 is 1.08 bits per heavy atom. The van der Waals surface area contributed by atoms with Crippen molar-refractivity contribution in [1.29, 1.82) is 0 Å². The zero-order chi connectivity index (χ0) is 17.7. The van der Waals surface area contributed by atoms with Gasteiger partial charge in [-0.3, -0.25) is 0 Å². The molecule has 128 valence electrons. The van der Waals surface area contributed by atoms with E-state index in [2.05, 4.69) is 62.5 Å². The Hall–Kier alpha value is -2.69. The number of aromatic nitrogens is 5. The lowest BCUT2D eigenvalue weighted by Crippen LogP contribution is -2.07. The van der Waals surface area contributed by atoms with Crippen LogP contribution < -0.4 is 0 Å². The minimum atomic E-state index is 0.562. The number of aryl methyl sites for hydroxylation is 2. The van der Waals surface area contributed by atoms with Gasteiger partial charge in [0.2, 0.25) is 0 Å². The first-order valence-electron chi connectivity index (χ1n) is 8.73. The van der Waals surface area contributed by atoms with Gasteiger partial charge in [-0.1, -0.05) is 37.6 Å². The molecular weight excluding hydrogens is 310 g/mol. The van der Waals surface area contributed by atoms with Crippen LogP contribution in [0.4, 0.5) is 0 Å². The second-order valence-corrected chi connectivity index (χ2v) is 7.23. The van der Waals surface area contributed by atoms with Crippen LogP contribution in [0.15, 0.2) is 30.6 Å². The van der Waals surface area contributed by atoms with Crippen molar-refractivity contribution in [2.24, 2.45) is 5.92 Å².